The predicted octanol–water partition coefficient (Wildman–Crippen LogP) is 4.36. The second kappa shape index (κ2) is 4.55. The molecule has 24 heavy (non-hydrogen) atoms. The van der Waals surface area contributed by atoms with Gasteiger partial charge in [0.1, 0.15) is 5.82 Å². The summed E-state index contributed by atoms with van der Waals surface area (Å²) in [5, 5.41) is 1.15. The van der Waals surface area contributed by atoms with Crippen LogP contribution < -0.4 is 0 Å². The number of ketones is 2. The first-order chi connectivity index (χ1) is 11.6. The molecule has 114 valence electrons. The molecule has 5 rings (SSSR count). The number of aromatic nitrogens is 1. The lowest BCUT2D eigenvalue weighted by atomic mass is 9.86. The van der Waals surface area contributed by atoms with Gasteiger partial charge in [-0.1, -0.05) is 18.2 Å². The van der Waals surface area contributed by atoms with E-state index >= 15 is 0 Å². The average molecular weight is 333 g/mol. The van der Waals surface area contributed by atoms with E-state index < -0.39 is 5.82 Å². The fourth-order valence-corrected chi connectivity index (χ4v) is 4.39. The predicted molar refractivity (Wildman–Crippen MR) is 90.4 cm³/mol. The van der Waals surface area contributed by atoms with Gasteiger partial charge < -0.3 is 0 Å². The van der Waals surface area contributed by atoms with Gasteiger partial charge in [0, 0.05) is 27.2 Å². The van der Waals surface area contributed by atoms with Gasteiger partial charge in [-0.15, -0.1) is 11.3 Å². The Bertz CT molecular complexity index is 1210. The highest BCUT2D eigenvalue weighted by molar-refractivity contribution is 7.21. The van der Waals surface area contributed by atoms with E-state index in [0.717, 1.165) is 4.70 Å². The third-order valence-corrected chi connectivity index (χ3v) is 5.50. The fourth-order valence-electron chi connectivity index (χ4n) is 3.26. The van der Waals surface area contributed by atoms with Crippen molar-refractivity contribution in [2.75, 3.05) is 0 Å². The van der Waals surface area contributed by atoms with Crippen molar-refractivity contribution in [2.45, 2.75) is 0 Å². The summed E-state index contributed by atoms with van der Waals surface area (Å²) in [6, 6.07) is 11.5. The Hall–Kier alpha value is -2.92. The van der Waals surface area contributed by atoms with Crippen molar-refractivity contribution in [3.8, 4) is 0 Å². The zero-order chi connectivity index (χ0) is 16.4. The normalized spacial score (nSPS) is 13.4. The largest absolute Gasteiger partial charge is 0.288 e. The first kappa shape index (κ1) is 13.5. The van der Waals surface area contributed by atoms with Crippen molar-refractivity contribution >= 4 is 43.9 Å². The van der Waals surface area contributed by atoms with Crippen LogP contribution in [0.2, 0.25) is 0 Å². The second-order valence-electron chi connectivity index (χ2n) is 5.67. The molecule has 0 unspecified atom stereocenters. The van der Waals surface area contributed by atoms with E-state index in [1.807, 2.05) is 12.1 Å². The summed E-state index contributed by atoms with van der Waals surface area (Å²) in [5.41, 5.74) is 1.65. The molecule has 2 aromatic carbocycles. The standard InChI is InChI=1S/C19H8FNO2S/c20-9-5-6-14-11(7-9)16-18(23)15-10-3-1-2-4-13(10)21-8-12(15)17(22)19(16)24-14/h1-8H. The topological polar surface area (TPSA) is 47.0 Å². The number of hydrogen-bond acceptors (Lipinski definition) is 4. The summed E-state index contributed by atoms with van der Waals surface area (Å²) in [5.74, 6) is -0.886. The van der Waals surface area contributed by atoms with Gasteiger partial charge in [-0.25, -0.2) is 4.39 Å². The summed E-state index contributed by atoms with van der Waals surface area (Å²) < 4.78 is 14.4. The van der Waals surface area contributed by atoms with Crippen LogP contribution >= 0.6 is 11.3 Å². The molecule has 2 heterocycles. The Morgan fingerprint density at radius 1 is 0.917 bits per heavy atom. The smallest absolute Gasteiger partial charge is 0.206 e. The number of thiophene rings is 1. The summed E-state index contributed by atoms with van der Waals surface area (Å²) >= 11 is 1.22. The van der Waals surface area contributed by atoms with E-state index in [0.29, 0.717) is 37.9 Å². The van der Waals surface area contributed by atoms with Gasteiger partial charge >= 0.3 is 0 Å². The summed E-state index contributed by atoms with van der Waals surface area (Å²) in [4.78, 5) is 30.7. The highest BCUT2D eigenvalue weighted by Gasteiger charge is 2.35. The summed E-state index contributed by atoms with van der Waals surface area (Å²) in [6.07, 6.45) is 1.46. The van der Waals surface area contributed by atoms with E-state index in [4.69, 9.17) is 0 Å². The minimum Gasteiger partial charge on any atom is -0.288 e. The second-order valence-corrected chi connectivity index (χ2v) is 6.72. The molecule has 0 atom stereocenters. The highest BCUT2D eigenvalue weighted by Crippen LogP contribution is 2.40. The van der Waals surface area contributed by atoms with E-state index in [1.54, 1.807) is 18.2 Å². The molecule has 0 spiro atoms. The number of rotatable bonds is 0. The molecule has 0 saturated heterocycles. The quantitative estimate of drug-likeness (QED) is 0.423. The van der Waals surface area contributed by atoms with Gasteiger partial charge in [0.25, 0.3) is 0 Å². The van der Waals surface area contributed by atoms with Gasteiger partial charge in [-0.2, -0.15) is 0 Å². The lowest BCUT2D eigenvalue weighted by molar-refractivity contribution is 0.0984. The molecule has 5 heteroatoms. The first-order valence-corrected chi connectivity index (χ1v) is 8.16. The van der Waals surface area contributed by atoms with Crippen molar-refractivity contribution in [3.05, 3.63) is 76.0 Å². The van der Waals surface area contributed by atoms with Gasteiger partial charge in [0.15, 0.2) is 5.78 Å². The fraction of sp³-hybridized carbons (Fsp3) is 0. The number of hydrogen-bond donors (Lipinski definition) is 0. The number of benzene rings is 2. The molecule has 4 aromatic rings. The van der Waals surface area contributed by atoms with E-state index in [-0.39, 0.29) is 11.6 Å². The molecule has 3 nitrogen and oxygen atoms in total. The van der Waals surface area contributed by atoms with Crippen molar-refractivity contribution in [2.24, 2.45) is 0 Å². The highest BCUT2D eigenvalue weighted by atomic mass is 32.1. The number of carbonyl (C=O) groups is 2. The van der Waals surface area contributed by atoms with Gasteiger partial charge in [-0.05, 0) is 24.3 Å². The SMILES string of the molecule is O=C1c2cnc3ccccc3c2C(=O)c2c1sc1ccc(F)cc21. The Kier molecular flexibility index (Phi) is 2.56. The molecule has 2 aromatic heterocycles. The number of nitrogens with zero attached hydrogens (tertiary/aromatic N) is 1. The van der Waals surface area contributed by atoms with Crippen molar-refractivity contribution < 1.29 is 14.0 Å². The van der Waals surface area contributed by atoms with Crippen molar-refractivity contribution in [1.82, 2.24) is 4.98 Å². The molecule has 0 N–H and O–H groups in total. The van der Waals surface area contributed by atoms with Crippen LogP contribution in [0.5, 0.6) is 0 Å². The molecule has 0 amide bonds. The Morgan fingerprint density at radius 3 is 2.62 bits per heavy atom. The number of carbonyl (C=O) groups excluding carboxylic acids is 2. The van der Waals surface area contributed by atoms with E-state index in [2.05, 4.69) is 4.98 Å². The zero-order valence-corrected chi connectivity index (χ0v) is 13.0. The van der Waals surface area contributed by atoms with Crippen molar-refractivity contribution in [1.29, 1.82) is 0 Å². The van der Waals surface area contributed by atoms with Crippen LogP contribution in [0.4, 0.5) is 4.39 Å². The number of para-hydroxylation sites is 1. The molecule has 0 saturated carbocycles. The number of fused-ring (bicyclic) bond motifs is 6. The van der Waals surface area contributed by atoms with Gasteiger partial charge in [0.05, 0.1) is 21.5 Å². The van der Waals surface area contributed by atoms with Crippen LogP contribution in [0, 0.1) is 5.82 Å². The Balaban J connectivity index is 1.93. The average Bonchev–Trinajstić information content (AvgIpc) is 2.98. The third kappa shape index (κ3) is 1.62. The van der Waals surface area contributed by atoms with E-state index in [1.165, 1.54) is 29.7 Å². The molecule has 0 bridgehead atoms. The van der Waals surface area contributed by atoms with Gasteiger partial charge in [-0.3, -0.25) is 14.6 Å². The van der Waals surface area contributed by atoms with Crippen LogP contribution in [-0.4, -0.2) is 16.6 Å². The van der Waals surface area contributed by atoms with Crippen LogP contribution in [0.1, 0.15) is 31.2 Å². The molecular formula is C19H8FNO2S. The maximum atomic E-state index is 13.7. The minimum atomic E-state index is -0.422. The maximum Gasteiger partial charge on any atom is 0.206 e. The van der Waals surface area contributed by atoms with E-state index in [9.17, 15) is 14.0 Å². The molecule has 1 aliphatic carbocycles. The zero-order valence-electron chi connectivity index (χ0n) is 12.2. The van der Waals surface area contributed by atoms with Crippen LogP contribution in [0.15, 0.2) is 48.7 Å². The maximum absolute atomic E-state index is 13.7. The summed E-state index contributed by atoms with van der Waals surface area (Å²) in [6.45, 7) is 0. The van der Waals surface area contributed by atoms with Crippen molar-refractivity contribution in [3.63, 3.8) is 0 Å². The van der Waals surface area contributed by atoms with Gasteiger partial charge in [0.2, 0.25) is 5.78 Å². The monoisotopic (exact) mass is 333 g/mol. The molecule has 0 fully saturated rings. The minimum absolute atomic E-state index is 0.223. The lowest BCUT2D eigenvalue weighted by Gasteiger charge is -2.16. The first-order valence-electron chi connectivity index (χ1n) is 7.34. The van der Waals surface area contributed by atoms with Crippen LogP contribution in [0.3, 0.4) is 0 Å². The summed E-state index contributed by atoms with van der Waals surface area (Å²) in [7, 11) is 0. The Labute approximate surface area is 139 Å². The molecule has 1 aliphatic rings. The number of halogens is 1. The molecule has 0 aliphatic heterocycles. The lowest BCUT2D eigenvalue weighted by Crippen LogP contribution is -2.19. The van der Waals surface area contributed by atoms with Crippen LogP contribution in [-0.2, 0) is 0 Å². The number of pyridine rings is 1. The third-order valence-electron chi connectivity index (χ3n) is 4.33. The molecule has 0 radical (unpaired) electrons. The molecular weight excluding hydrogens is 325 g/mol. The Morgan fingerprint density at radius 2 is 1.75 bits per heavy atom. The van der Waals surface area contributed by atoms with Crippen LogP contribution in [0.25, 0.3) is 21.0 Å².